The largest absolute Gasteiger partial charge is 0.340 e. The molecule has 0 bridgehead atoms. The van der Waals surface area contributed by atoms with E-state index in [0.29, 0.717) is 25.9 Å². The van der Waals surface area contributed by atoms with E-state index >= 15 is 0 Å². The van der Waals surface area contributed by atoms with Crippen molar-refractivity contribution in [3.8, 4) is 0 Å². The Morgan fingerprint density at radius 1 is 0.893 bits per heavy atom. The summed E-state index contributed by atoms with van der Waals surface area (Å²) < 4.78 is 0. The highest BCUT2D eigenvalue weighted by atomic mass is 16.2. The Morgan fingerprint density at radius 3 is 2.11 bits per heavy atom. The summed E-state index contributed by atoms with van der Waals surface area (Å²) in [6.07, 6.45) is 5.47. The van der Waals surface area contributed by atoms with Crippen molar-refractivity contribution in [1.82, 2.24) is 14.7 Å². The van der Waals surface area contributed by atoms with Crippen molar-refractivity contribution >= 4 is 17.7 Å². The van der Waals surface area contributed by atoms with Gasteiger partial charge in [0.05, 0.1) is 11.8 Å². The van der Waals surface area contributed by atoms with Gasteiger partial charge in [0, 0.05) is 45.7 Å². The highest BCUT2D eigenvalue weighted by Crippen LogP contribution is 2.35. The van der Waals surface area contributed by atoms with Crippen LogP contribution in [0.5, 0.6) is 0 Å². The predicted octanol–water partition coefficient (Wildman–Crippen LogP) is 1.67. The van der Waals surface area contributed by atoms with Gasteiger partial charge >= 0.3 is 0 Å². The fourth-order valence-electron chi connectivity index (χ4n) is 4.45. The van der Waals surface area contributed by atoms with E-state index in [-0.39, 0.29) is 42.5 Å². The molecule has 28 heavy (non-hydrogen) atoms. The van der Waals surface area contributed by atoms with Gasteiger partial charge in [-0.25, -0.2) is 0 Å². The highest BCUT2D eigenvalue weighted by molar-refractivity contribution is 6.05. The lowest BCUT2D eigenvalue weighted by molar-refractivity contribution is -0.141. The summed E-state index contributed by atoms with van der Waals surface area (Å²) in [6.45, 7) is 4.20. The van der Waals surface area contributed by atoms with Crippen LogP contribution in [0.1, 0.15) is 24.8 Å². The van der Waals surface area contributed by atoms with Crippen molar-refractivity contribution in [3.05, 3.63) is 48.0 Å². The number of allylic oxidation sites excluding steroid dienone is 2. The molecular weight excluding hydrogens is 354 g/mol. The molecule has 6 heteroatoms. The first kappa shape index (κ1) is 18.9. The van der Waals surface area contributed by atoms with E-state index < -0.39 is 0 Å². The molecule has 0 spiro atoms. The van der Waals surface area contributed by atoms with Gasteiger partial charge in [-0.1, -0.05) is 42.5 Å². The average molecular weight is 381 g/mol. The van der Waals surface area contributed by atoms with Crippen LogP contribution in [0.4, 0.5) is 0 Å². The van der Waals surface area contributed by atoms with Crippen LogP contribution in [0.3, 0.4) is 0 Å². The third-order valence-electron chi connectivity index (χ3n) is 6.12. The molecule has 1 aliphatic carbocycles. The van der Waals surface area contributed by atoms with Gasteiger partial charge in [-0.2, -0.15) is 0 Å². The smallest absolute Gasteiger partial charge is 0.233 e. The Labute approximate surface area is 165 Å². The zero-order valence-corrected chi connectivity index (χ0v) is 16.1. The van der Waals surface area contributed by atoms with Crippen LogP contribution >= 0.6 is 0 Å². The zero-order valence-electron chi connectivity index (χ0n) is 16.1. The molecule has 0 saturated carbocycles. The molecule has 1 aromatic carbocycles. The lowest BCUT2D eigenvalue weighted by Gasteiger charge is -2.35. The molecule has 2 atom stereocenters. The number of likely N-dealkylation sites (tertiary alicyclic amines) is 1. The van der Waals surface area contributed by atoms with Gasteiger partial charge in [0.1, 0.15) is 0 Å². The molecule has 3 amide bonds. The summed E-state index contributed by atoms with van der Waals surface area (Å²) >= 11 is 0. The molecule has 2 saturated heterocycles. The van der Waals surface area contributed by atoms with Crippen LogP contribution in [0, 0.1) is 11.8 Å². The lowest BCUT2D eigenvalue weighted by Crippen LogP contribution is -2.49. The quantitative estimate of drug-likeness (QED) is 0.575. The Hall–Kier alpha value is -2.47. The molecule has 0 unspecified atom stereocenters. The number of nitrogens with zero attached hydrogens (tertiary/aromatic N) is 3. The molecule has 2 heterocycles. The second-order valence-electron chi connectivity index (χ2n) is 7.88. The number of benzene rings is 1. The van der Waals surface area contributed by atoms with Gasteiger partial charge in [0.15, 0.2) is 0 Å². The first-order chi connectivity index (χ1) is 13.6. The SMILES string of the molecule is O=C(CCN1C(=O)[C@H]2CC=CC[C@H]2C1=O)N1CCN(Cc2ccccc2)CC1. The fourth-order valence-corrected chi connectivity index (χ4v) is 4.45. The number of carbonyl (C=O) groups excluding carboxylic acids is 3. The highest BCUT2D eigenvalue weighted by Gasteiger charge is 2.47. The van der Waals surface area contributed by atoms with Crippen LogP contribution in [-0.2, 0) is 20.9 Å². The van der Waals surface area contributed by atoms with Crippen LogP contribution in [-0.4, -0.2) is 65.1 Å². The molecule has 6 nitrogen and oxygen atoms in total. The number of hydrogen-bond donors (Lipinski definition) is 0. The van der Waals surface area contributed by atoms with E-state index in [1.54, 1.807) is 0 Å². The second-order valence-corrected chi connectivity index (χ2v) is 7.88. The van der Waals surface area contributed by atoms with E-state index in [9.17, 15) is 14.4 Å². The molecule has 2 fully saturated rings. The topological polar surface area (TPSA) is 60.9 Å². The Bertz CT molecular complexity index is 742. The van der Waals surface area contributed by atoms with Crippen molar-refractivity contribution in [3.63, 3.8) is 0 Å². The molecular formula is C22H27N3O3. The van der Waals surface area contributed by atoms with E-state index in [2.05, 4.69) is 17.0 Å². The molecule has 4 rings (SSSR count). The average Bonchev–Trinajstić information content (AvgIpc) is 2.98. The number of hydrogen-bond acceptors (Lipinski definition) is 4. The number of imide groups is 1. The maximum Gasteiger partial charge on any atom is 0.233 e. The van der Waals surface area contributed by atoms with E-state index in [1.807, 2.05) is 35.3 Å². The molecule has 0 N–H and O–H groups in total. The second kappa shape index (κ2) is 8.27. The van der Waals surface area contributed by atoms with Crippen LogP contribution in [0.25, 0.3) is 0 Å². The van der Waals surface area contributed by atoms with Crippen molar-refractivity contribution in [2.45, 2.75) is 25.8 Å². The van der Waals surface area contributed by atoms with Crippen LogP contribution in [0.15, 0.2) is 42.5 Å². The maximum absolute atomic E-state index is 12.6. The first-order valence-corrected chi connectivity index (χ1v) is 10.2. The summed E-state index contributed by atoms with van der Waals surface area (Å²) in [4.78, 5) is 43.1. The van der Waals surface area contributed by atoms with Gasteiger partial charge in [-0.3, -0.25) is 24.2 Å². The van der Waals surface area contributed by atoms with E-state index in [4.69, 9.17) is 0 Å². The standard InChI is InChI=1S/C22H27N3O3/c26-20(10-11-25-21(27)18-8-4-5-9-19(18)22(25)28)24-14-12-23(13-15-24)16-17-6-2-1-3-7-17/h1-7,18-19H,8-16H2/t18-,19+. The molecule has 3 aliphatic rings. The first-order valence-electron chi connectivity index (χ1n) is 10.2. The lowest BCUT2D eigenvalue weighted by atomic mass is 9.85. The van der Waals surface area contributed by atoms with Crippen molar-refractivity contribution in [1.29, 1.82) is 0 Å². The van der Waals surface area contributed by atoms with Crippen molar-refractivity contribution in [2.24, 2.45) is 11.8 Å². The Morgan fingerprint density at radius 2 is 1.50 bits per heavy atom. The normalized spacial score (nSPS) is 25.3. The number of carbonyl (C=O) groups is 3. The molecule has 1 aromatic rings. The summed E-state index contributed by atoms with van der Waals surface area (Å²) in [7, 11) is 0. The Balaban J connectivity index is 1.24. The maximum atomic E-state index is 12.6. The van der Waals surface area contributed by atoms with Crippen LogP contribution < -0.4 is 0 Å². The fraction of sp³-hybridized carbons (Fsp3) is 0.500. The molecule has 0 radical (unpaired) electrons. The minimum atomic E-state index is -0.214. The zero-order chi connectivity index (χ0) is 19.5. The minimum absolute atomic E-state index is 0.0351. The summed E-state index contributed by atoms with van der Waals surface area (Å²) in [5.74, 6) is -0.587. The monoisotopic (exact) mass is 381 g/mol. The number of rotatable bonds is 5. The van der Waals surface area contributed by atoms with Gasteiger partial charge < -0.3 is 4.90 Å². The number of fused-ring (bicyclic) bond motifs is 1. The van der Waals surface area contributed by atoms with Crippen molar-refractivity contribution < 1.29 is 14.4 Å². The third kappa shape index (κ3) is 3.87. The summed E-state index contributed by atoms with van der Waals surface area (Å²) in [6, 6.07) is 10.3. The van der Waals surface area contributed by atoms with Gasteiger partial charge in [-0.15, -0.1) is 0 Å². The van der Waals surface area contributed by atoms with Gasteiger partial charge in [-0.05, 0) is 18.4 Å². The number of piperazine rings is 1. The van der Waals surface area contributed by atoms with Crippen LogP contribution in [0.2, 0.25) is 0 Å². The third-order valence-corrected chi connectivity index (χ3v) is 6.12. The minimum Gasteiger partial charge on any atom is -0.340 e. The summed E-state index contributed by atoms with van der Waals surface area (Å²) in [5.41, 5.74) is 1.28. The molecule has 148 valence electrons. The molecule has 0 aromatic heterocycles. The van der Waals surface area contributed by atoms with Crippen molar-refractivity contribution in [2.75, 3.05) is 32.7 Å². The van der Waals surface area contributed by atoms with E-state index in [0.717, 1.165) is 19.6 Å². The summed E-state index contributed by atoms with van der Waals surface area (Å²) in [5, 5.41) is 0. The Kier molecular flexibility index (Phi) is 5.57. The predicted molar refractivity (Wildman–Crippen MR) is 105 cm³/mol. The van der Waals surface area contributed by atoms with Gasteiger partial charge in [0.25, 0.3) is 0 Å². The molecule has 2 aliphatic heterocycles. The van der Waals surface area contributed by atoms with E-state index in [1.165, 1.54) is 10.5 Å². The number of amides is 3. The van der Waals surface area contributed by atoms with Gasteiger partial charge in [0.2, 0.25) is 17.7 Å².